The van der Waals surface area contributed by atoms with Crippen molar-refractivity contribution in [2.45, 2.75) is 52.2 Å². The number of hydrogen-bond acceptors (Lipinski definition) is 8. The molecule has 2 aliphatic rings. The van der Waals surface area contributed by atoms with E-state index in [0.717, 1.165) is 11.4 Å². The molecule has 0 spiro atoms. The largest absolute Gasteiger partial charge is 0.382 e. The van der Waals surface area contributed by atoms with E-state index in [1.54, 1.807) is 0 Å². The first-order chi connectivity index (χ1) is 18.4. The fraction of sp³-hybridized carbons (Fsp3) is 0.556. The smallest absolute Gasteiger partial charge is 0.319 e. The summed E-state index contributed by atoms with van der Waals surface area (Å²) in [7, 11) is 1.89. The van der Waals surface area contributed by atoms with Crippen molar-refractivity contribution in [3.63, 3.8) is 0 Å². The third-order valence-corrected chi connectivity index (χ3v) is 6.81. The molecule has 0 aliphatic carbocycles. The summed E-state index contributed by atoms with van der Waals surface area (Å²) in [5.74, 6) is 1.86. The Bertz CT molecular complexity index is 1240. The second-order valence-electron chi connectivity index (χ2n) is 9.36. The molecular weight excluding hydrogens is 486 g/mol. The summed E-state index contributed by atoms with van der Waals surface area (Å²) in [5, 5.41) is 16.9. The van der Waals surface area contributed by atoms with Gasteiger partial charge in [0.1, 0.15) is 11.4 Å². The van der Waals surface area contributed by atoms with Crippen LogP contribution in [0.1, 0.15) is 46.4 Å². The Hall–Kier alpha value is -3.28. The summed E-state index contributed by atoms with van der Waals surface area (Å²) < 4.78 is 13.0. The van der Waals surface area contributed by atoms with Gasteiger partial charge in [0.25, 0.3) is 0 Å². The number of nitrogens with zero attached hydrogens (tertiary/aromatic N) is 5. The minimum absolute atomic E-state index is 0.116. The zero-order valence-electron chi connectivity index (χ0n) is 23.0. The van der Waals surface area contributed by atoms with E-state index in [-0.39, 0.29) is 12.1 Å². The average Bonchev–Trinajstić information content (AvgIpc) is 3.28. The molecule has 11 nitrogen and oxygen atoms in total. The number of benzene rings is 1. The summed E-state index contributed by atoms with van der Waals surface area (Å²) in [5.41, 5.74) is 1.74. The lowest BCUT2D eigenvalue weighted by Gasteiger charge is -2.34. The zero-order valence-corrected chi connectivity index (χ0v) is 23.0. The molecule has 2 saturated heterocycles. The third-order valence-electron chi connectivity index (χ3n) is 6.81. The van der Waals surface area contributed by atoms with Gasteiger partial charge in [-0.1, -0.05) is 13.8 Å². The standard InChI is InChI=1S/C25H33N7O4.C2H6/c1-4-26-24(33)27-18-7-5-17(6-8-18)20-29-21-19(22(30-20)32-11-14-36-15-16(32)2)28-23(31(21)3)25(34)9-12-35-13-10-25;1-2/h5-8,16,34H,4,9-15H2,1-3H3,(H2,26,27,33);1-2H3/t16-;/m0./s1. The van der Waals surface area contributed by atoms with Crippen LogP contribution in [0.15, 0.2) is 24.3 Å². The molecule has 2 amide bonds. The second-order valence-corrected chi connectivity index (χ2v) is 9.36. The van der Waals surface area contributed by atoms with Crippen LogP contribution in [-0.4, -0.2) is 76.2 Å². The van der Waals surface area contributed by atoms with Gasteiger partial charge >= 0.3 is 6.03 Å². The van der Waals surface area contributed by atoms with Crippen LogP contribution in [0.4, 0.5) is 16.3 Å². The van der Waals surface area contributed by atoms with Crippen molar-refractivity contribution >= 4 is 28.7 Å². The van der Waals surface area contributed by atoms with Crippen LogP contribution in [0.2, 0.25) is 0 Å². The van der Waals surface area contributed by atoms with Gasteiger partial charge in [0.15, 0.2) is 22.8 Å². The number of carbonyl (C=O) groups excluding carboxylic acids is 1. The number of imidazole rings is 1. The van der Waals surface area contributed by atoms with Gasteiger partial charge in [-0.2, -0.15) is 0 Å². The van der Waals surface area contributed by atoms with Crippen molar-refractivity contribution in [3.8, 4) is 11.4 Å². The van der Waals surface area contributed by atoms with E-state index < -0.39 is 5.60 Å². The fourth-order valence-corrected chi connectivity index (χ4v) is 4.81. The van der Waals surface area contributed by atoms with E-state index in [4.69, 9.17) is 24.4 Å². The number of nitrogens with one attached hydrogen (secondary N) is 2. The van der Waals surface area contributed by atoms with Crippen LogP contribution < -0.4 is 15.5 Å². The number of carbonyl (C=O) groups is 1. The van der Waals surface area contributed by atoms with Gasteiger partial charge < -0.3 is 34.7 Å². The second kappa shape index (κ2) is 12.1. The molecule has 1 atom stereocenters. The highest BCUT2D eigenvalue weighted by atomic mass is 16.5. The normalized spacial score (nSPS) is 19.0. The van der Waals surface area contributed by atoms with Crippen molar-refractivity contribution in [2.75, 3.05) is 49.7 Å². The average molecular weight is 526 g/mol. The predicted molar refractivity (Wildman–Crippen MR) is 147 cm³/mol. The number of aliphatic hydroxyl groups is 1. The summed E-state index contributed by atoms with van der Waals surface area (Å²) in [4.78, 5) is 28.8. The molecule has 0 unspecified atom stereocenters. The van der Waals surface area contributed by atoms with Crippen molar-refractivity contribution in [1.29, 1.82) is 0 Å². The first-order valence-corrected chi connectivity index (χ1v) is 13.4. The Morgan fingerprint density at radius 3 is 2.47 bits per heavy atom. The Morgan fingerprint density at radius 1 is 1.11 bits per heavy atom. The number of aromatic nitrogens is 4. The van der Waals surface area contributed by atoms with Gasteiger partial charge in [0.05, 0.1) is 19.3 Å². The molecule has 3 aromatic rings. The number of amides is 2. The Labute approximate surface area is 223 Å². The highest BCUT2D eigenvalue weighted by Gasteiger charge is 2.38. The van der Waals surface area contributed by atoms with Crippen LogP contribution in [0.3, 0.4) is 0 Å². The number of fused-ring (bicyclic) bond motifs is 1. The summed E-state index contributed by atoms with van der Waals surface area (Å²) >= 11 is 0. The van der Waals surface area contributed by atoms with Crippen molar-refractivity contribution in [3.05, 3.63) is 30.1 Å². The molecule has 0 saturated carbocycles. The van der Waals surface area contributed by atoms with E-state index in [2.05, 4.69) is 22.5 Å². The van der Waals surface area contributed by atoms with Crippen molar-refractivity contribution < 1.29 is 19.4 Å². The third kappa shape index (κ3) is 5.59. The Morgan fingerprint density at radius 2 is 1.82 bits per heavy atom. The fourth-order valence-electron chi connectivity index (χ4n) is 4.81. The van der Waals surface area contributed by atoms with Crippen molar-refractivity contribution in [2.24, 2.45) is 7.05 Å². The molecule has 2 fully saturated rings. The summed E-state index contributed by atoms with van der Waals surface area (Å²) in [6.07, 6.45) is 0.960. The maximum absolute atomic E-state index is 11.9. The predicted octanol–water partition coefficient (Wildman–Crippen LogP) is 3.42. The first-order valence-electron chi connectivity index (χ1n) is 13.4. The van der Waals surface area contributed by atoms with Crippen LogP contribution >= 0.6 is 0 Å². The van der Waals surface area contributed by atoms with Crippen LogP contribution in [0.5, 0.6) is 0 Å². The highest BCUT2D eigenvalue weighted by molar-refractivity contribution is 5.90. The van der Waals surface area contributed by atoms with Crippen LogP contribution in [-0.2, 0) is 22.1 Å². The Balaban J connectivity index is 0.00000164. The number of urea groups is 1. The highest BCUT2D eigenvalue weighted by Crippen LogP contribution is 2.36. The van der Waals surface area contributed by atoms with E-state index in [9.17, 15) is 9.90 Å². The molecule has 0 bridgehead atoms. The lowest BCUT2D eigenvalue weighted by atomic mass is 9.93. The molecule has 1 aromatic carbocycles. The molecule has 38 heavy (non-hydrogen) atoms. The van der Waals surface area contributed by atoms with Gasteiger partial charge in [-0.15, -0.1) is 0 Å². The number of aryl methyl sites for hydroxylation is 1. The van der Waals surface area contributed by atoms with Gasteiger partial charge in [-0.3, -0.25) is 0 Å². The quantitative estimate of drug-likeness (QED) is 0.463. The molecular formula is C27H39N7O4. The Kier molecular flexibility index (Phi) is 8.80. The number of ether oxygens (including phenoxy) is 2. The topological polar surface area (TPSA) is 127 Å². The maximum atomic E-state index is 11.9. The van der Waals surface area contributed by atoms with Crippen LogP contribution in [0, 0.1) is 0 Å². The van der Waals surface area contributed by atoms with Gasteiger partial charge in [-0.25, -0.2) is 19.7 Å². The summed E-state index contributed by atoms with van der Waals surface area (Å²) in [6.45, 7) is 11.4. The van der Waals surface area contributed by atoms with Crippen LogP contribution in [0.25, 0.3) is 22.6 Å². The van der Waals surface area contributed by atoms with E-state index >= 15 is 0 Å². The minimum Gasteiger partial charge on any atom is -0.382 e. The lowest BCUT2D eigenvalue weighted by Crippen LogP contribution is -2.44. The molecule has 0 radical (unpaired) electrons. The molecule has 4 heterocycles. The molecule has 3 N–H and O–H groups in total. The maximum Gasteiger partial charge on any atom is 0.319 e. The molecule has 206 valence electrons. The monoisotopic (exact) mass is 525 g/mol. The molecule has 2 aliphatic heterocycles. The number of anilines is 2. The van der Waals surface area contributed by atoms with Gasteiger partial charge in [0, 0.05) is 57.4 Å². The van der Waals surface area contributed by atoms with Gasteiger partial charge in [0.2, 0.25) is 0 Å². The first kappa shape index (κ1) is 27.7. The molecule has 11 heteroatoms. The SMILES string of the molecule is CC.CCNC(=O)Nc1ccc(-c2nc(N3CCOC[C@@H]3C)c3nc(C4(O)CCOCC4)n(C)c3n2)cc1. The van der Waals surface area contributed by atoms with E-state index in [1.807, 2.05) is 56.7 Å². The van der Waals surface area contributed by atoms with E-state index in [0.29, 0.717) is 80.9 Å². The van der Waals surface area contributed by atoms with Gasteiger partial charge in [-0.05, 0) is 38.1 Å². The minimum atomic E-state index is -1.08. The molecule has 5 rings (SSSR count). The van der Waals surface area contributed by atoms with Crippen molar-refractivity contribution in [1.82, 2.24) is 24.8 Å². The zero-order chi connectivity index (χ0) is 27.3. The summed E-state index contributed by atoms with van der Waals surface area (Å²) in [6, 6.07) is 7.30. The lowest BCUT2D eigenvalue weighted by molar-refractivity contribution is -0.0745. The number of morpholine rings is 1. The molecule has 2 aromatic heterocycles. The number of rotatable bonds is 5. The number of hydrogen-bond donors (Lipinski definition) is 3. The van der Waals surface area contributed by atoms with E-state index in [1.165, 1.54) is 0 Å².